The molecule has 0 spiro atoms. The van der Waals surface area contributed by atoms with Crippen molar-refractivity contribution < 1.29 is 19.4 Å². The van der Waals surface area contributed by atoms with Gasteiger partial charge >= 0.3 is 11.9 Å². The fourth-order valence-corrected chi connectivity index (χ4v) is 1.41. The molecular formula is C12H13BrO4. The summed E-state index contributed by atoms with van der Waals surface area (Å²) in [4.78, 5) is 21.1. The van der Waals surface area contributed by atoms with Gasteiger partial charge in [-0.15, -0.1) is 0 Å². The van der Waals surface area contributed by atoms with E-state index in [-0.39, 0.29) is 25.4 Å². The summed E-state index contributed by atoms with van der Waals surface area (Å²) in [5.41, 5.74) is 0.912. The summed E-state index contributed by atoms with van der Waals surface area (Å²) in [6.45, 7) is 0.222. The largest absolute Gasteiger partial charge is 0.480 e. The van der Waals surface area contributed by atoms with Crippen LogP contribution in [0.15, 0.2) is 30.3 Å². The topological polar surface area (TPSA) is 63.6 Å². The van der Waals surface area contributed by atoms with E-state index in [0.29, 0.717) is 0 Å². The van der Waals surface area contributed by atoms with Crippen LogP contribution in [0.3, 0.4) is 0 Å². The number of carbonyl (C=O) groups excluding carboxylic acids is 1. The van der Waals surface area contributed by atoms with Gasteiger partial charge in [-0.2, -0.15) is 0 Å². The summed E-state index contributed by atoms with van der Waals surface area (Å²) in [6.07, 6.45) is 0.317. The Labute approximate surface area is 108 Å². The number of carboxylic acids is 1. The molecule has 0 unspecified atom stereocenters. The highest BCUT2D eigenvalue weighted by molar-refractivity contribution is 9.10. The molecule has 0 radical (unpaired) electrons. The highest BCUT2D eigenvalue weighted by Gasteiger charge is 2.15. The first-order chi connectivity index (χ1) is 8.09. The molecule has 1 aromatic rings. The van der Waals surface area contributed by atoms with Gasteiger partial charge in [0, 0.05) is 6.42 Å². The first-order valence-electron chi connectivity index (χ1n) is 5.16. The molecule has 0 aromatic heterocycles. The monoisotopic (exact) mass is 300 g/mol. The number of benzene rings is 1. The fraction of sp³-hybridized carbons (Fsp3) is 0.333. The number of ether oxygens (including phenoxy) is 1. The molecule has 0 aliphatic heterocycles. The van der Waals surface area contributed by atoms with Gasteiger partial charge in [0.25, 0.3) is 0 Å². The molecule has 0 amide bonds. The van der Waals surface area contributed by atoms with E-state index in [1.165, 1.54) is 0 Å². The first kappa shape index (κ1) is 13.7. The SMILES string of the molecule is O=C(CC[C@H](Br)C(=O)O)OCc1ccccc1. The Bertz CT molecular complexity index is 377. The Balaban J connectivity index is 2.24. The maximum Gasteiger partial charge on any atom is 0.317 e. The second-order valence-corrected chi connectivity index (χ2v) is 4.60. The molecule has 0 bridgehead atoms. The van der Waals surface area contributed by atoms with Crippen LogP contribution >= 0.6 is 15.9 Å². The van der Waals surface area contributed by atoms with Crippen molar-refractivity contribution in [2.45, 2.75) is 24.3 Å². The van der Waals surface area contributed by atoms with Crippen molar-refractivity contribution in [1.82, 2.24) is 0 Å². The van der Waals surface area contributed by atoms with Crippen molar-refractivity contribution in [3.8, 4) is 0 Å². The smallest absolute Gasteiger partial charge is 0.317 e. The predicted molar refractivity (Wildman–Crippen MR) is 65.8 cm³/mol. The van der Waals surface area contributed by atoms with Gasteiger partial charge in [-0.1, -0.05) is 46.3 Å². The van der Waals surface area contributed by atoms with Gasteiger partial charge < -0.3 is 9.84 Å². The number of carboxylic acid groups (broad SMARTS) is 1. The molecule has 0 saturated carbocycles. The highest BCUT2D eigenvalue weighted by Crippen LogP contribution is 2.09. The lowest BCUT2D eigenvalue weighted by molar-refractivity contribution is -0.145. The fourth-order valence-electron chi connectivity index (χ4n) is 1.18. The minimum absolute atomic E-state index is 0.0923. The summed E-state index contributed by atoms with van der Waals surface area (Å²) in [5, 5.41) is 8.60. The van der Waals surface area contributed by atoms with Crippen LogP contribution in [0, 0.1) is 0 Å². The molecule has 0 fully saturated rings. The minimum atomic E-state index is -0.971. The maximum atomic E-state index is 11.3. The Morgan fingerprint density at radius 3 is 2.53 bits per heavy atom. The zero-order chi connectivity index (χ0) is 12.7. The molecule has 0 aliphatic carbocycles. The first-order valence-corrected chi connectivity index (χ1v) is 6.07. The van der Waals surface area contributed by atoms with Gasteiger partial charge in [0.1, 0.15) is 11.4 Å². The van der Waals surface area contributed by atoms with E-state index in [4.69, 9.17) is 9.84 Å². The van der Waals surface area contributed by atoms with Crippen LogP contribution in [0.25, 0.3) is 0 Å². The van der Waals surface area contributed by atoms with Crippen LogP contribution in [0.5, 0.6) is 0 Å². The third kappa shape index (κ3) is 5.49. The van der Waals surface area contributed by atoms with Crippen LogP contribution < -0.4 is 0 Å². The number of hydrogen-bond acceptors (Lipinski definition) is 3. The van der Waals surface area contributed by atoms with Crippen LogP contribution in [-0.2, 0) is 20.9 Å². The number of halogens is 1. The molecule has 0 aliphatic rings. The second-order valence-electron chi connectivity index (χ2n) is 3.49. The molecular weight excluding hydrogens is 288 g/mol. The van der Waals surface area contributed by atoms with E-state index in [1.54, 1.807) is 0 Å². The van der Waals surface area contributed by atoms with Crippen molar-refractivity contribution in [2.75, 3.05) is 0 Å². The van der Waals surface area contributed by atoms with Gasteiger partial charge in [-0.3, -0.25) is 9.59 Å². The van der Waals surface area contributed by atoms with E-state index in [2.05, 4.69) is 15.9 Å². The van der Waals surface area contributed by atoms with Crippen molar-refractivity contribution in [3.05, 3.63) is 35.9 Å². The van der Waals surface area contributed by atoms with Gasteiger partial charge in [0.2, 0.25) is 0 Å². The van der Waals surface area contributed by atoms with E-state index in [1.807, 2.05) is 30.3 Å². The lowest BCUT2D eigenvalue weighted by Gasteiger charge is -2.06. The van der Waals surface area contributed by atoms with Gasteiger partial charge in [-0.05, 0) is 12.0 Å². The van der Waals surface area contributed by atoms with Crippen molar-refractivity contribution >= 4 is 27.9 Å². The van der Waals surface area contributed by atoms with Crippen molar-refractivity contribution in [2.24, 2.45) is 0 Å². The van der Waals surface area contributed by atoms with Crippen LogP contribution in [0.1, 0.15) is 18.4 Å². The average molecular weight is 301 g/mol. The van der Waals surface area contributed by atoms with Crippen LogP contribution in [0.2, 0.25) is 0 Å². The zero-order valence-electron chi connectivity index (χ0n) is 9.14. The molecule has 0 saturated heterocycles. The Kier molecular flexibility index (Phi) is 5.69. The Hall–Kier alpha value is -1.36. The van der Waals surface area contributed by atoms with Gasteiger partial charge in [0.15, 0.2) is 0 Å². The third-order valence-electron chi connectivity index (χ3n) is 2.11. The summed E-state index contributed by atoms with van der Waals surface area (Å²) in [5.74, 6) is -1.36. The van der Waals surface area contributed by atoms with Crippen molar-refractivity contribution in [3.63, 3.8) is 0 Å². The average Bonchev–Trinajstić information content (AvgIpc) is 2.34. The number of esters is 1. The lowest BCUT2D eigenvalue weighted by atomic mass is 10.2. The highest BCUT2D eigenvalue weighted by atomic mass is 79.9. The number of hydrogen-bond donors (Lipinski definition) is 1. The molecule has 1 aromatic carbocycles. The van der Waals surface area contributed by atoms with E-state index in [0.717, 1.165) is 5.56 Å². The van der Waals surface area contributed by atoms with Crippen molar-refractivity contribution in [1.29, 1.82) is 0 Å². The summed E-state index contributed by atoms with van der Waals surface area (Å²) in [7, 11) is 0. The number of carbonyl (C=O) groups is 2. The maximum absolute atomic E-state index is 11.3. The predicted octanol–water partition coefficient (Wildman–Crippen LogP) is 2.36. The number of rotatable bonds is 6. The standard InChI is InChI=1S/C12H13BrO4/c13-10(12(15)16)6-7-11(14)17-8-9-4-2-1-3-5-9/h1-5,10H,6-8H2,(H,15,16)/t10-/m0/s1. The molecule has 92 valence electrons. The Morgan fingerprint density at radius 1 is 1.29 bits per heavy atom. The van der Waals surface area contributed by atoms with Crippen LogP contribution in [0.4, 0.5) is 0 Å². The summed E-state index contributed by atoms with van der Waals surface area (Å²) in [6, 6.07) is 9.33. The molecule has 4 nitrogen and oxygen atoms in total. The third-order valence-corrected chi connectivity index (χ3v) is 2.96. The minimum Gasteiger partial charge on any atom is -0.480 e. The normalized spacial score (nSPS) is 11.8. The zero-order valence-corrected chi connectivity index (χ0v) is 10.7. The lowest BCUT2D eigenvalue weighted by Crippen LogP contribution is -2.15. The molecule has 17 heavy (non-hydrogen) atoms. The Morgan fingerprint density at radius 2 is 1.94 bits per heavy atom. The van der Waals surface area contributed by atoms with Gasteiger partial charge in [0.05, 0.1) is 0 Å². The number of alkyl halides is 1. The summed E-state index contributed by atoms with van der Waals surface area (Å²) < 4.78 is 5.01. The molecule has 1 atom stereocenters. The number of aliphatic carboxylic acids is 1. The van der Waals surface area contributed by atoms with E-state index < -0.39 is 10.8 Å². The van der Waals surface area contributed by atoms with Crippen LogP contribution in [-0.4, -0.2) is 21.9 Å². The van der Waals surface area contributed by atoms with E-state index in [9.17, 15) is 9.59 Å². The molecule has 1 N–H and O–H groups in total. The quantitative estimate of drug-likeness (QED) is 0.647. The molecule has 5 heteroatoms. The van der Waals surface area contributed by atoms with E-state index >= 15 is 0 Å². The second kappa shape index (κ2) is 7.06. The molecule has 1 rings (SSSR count). The van der Waals surface area contributed by atoms with Gasteiger partial charge in [-0.25, -0.2) is 0 Å². The molecule has 0 heterocycles. The summed E-state index contributed by atoms with van der Waals surface area (Å²) >= 11 is 2.96.